The van der Waals surface area contributed by atoms with Crippen molar-refractivity contribution in [3.8, 4) is 0 Å². The van der Waals surface area contributed by atoms with Crippen molar-refractivity contribution in [2.45, 2.75) is 25.9 Å². The van der Waals surface area contributed by atoms with Gasteiger partial charge in [0, 0.05) is 30.9 Å². The van der Waals surface area contributed by atoms with E-state index in [0.717, 1.165) is 31.0 Å². The number of likely N-dealkylation sites (tertiary alicyclic amines) is 1. The van der Waals surface area contributed by atoms with Crippen LogP contribution in [0.1, 0.15) is 29.5 Å². The lowest BCUT2D eigenvalue weighted by Crippen LogP contribution is -2.40. The summed E-state index contributed by atoms with van der Waals surface area (Å²) in [6.45, 7) is 3.93. The van der Waals surface area contributed by atoms with Crippen molar-refractivity contribution in [2.24, 2.45) is 0 Å². The van der Waals surface area contributed by atoms with E-state index in [0.29, 0.717) is 11.9 Å². The molecule has 0 bridgehead atoms. The monoisotopic (exact) mass is 293 g/mol. The summed E-state index contributed by atoms with van der Waals surface area (Å²) in [5, 5.41) is 1.26. The number of aromatic nitrogens is 3. The van der Waals surface area contributed by atoms with Crippen LogP contribution in [0.2, 0.25) is 0 Å². The summed E-state index contributed by atoms with van der Waals surface area (Å²) in [5.41, 5.74) is 9.40. The quantitative estimate of drug-likeness (QED) is 0.779. The van der Waals surface area contributed by atoms with Crippen molar-refractivity contribution in [1.82, 2.24) is 19.9 Å². The first-order valence-corrected chi connectivity index (χ1v) is 7.60. The zero-order valence-electron chi connectivity index (χ0n) is 12.6. The largest absolute Gasteiger partial charge is 0.384 e. The van der Waals surface area contributed by atoms with Crippen molar-refractivity contribution in [3.63, 3.8) is 0 Å². The molecular weight excluding hydrogens is 274 g/mol. The third-order valence-electron chi connectivity index (χ3n) is 4.35. The minimum atomic E-state index is 0.353. The van der Waals surface area contributed by atoms with Crippen LogP contribution in [0.15, 0.2) is 36.5 Å². The molecule has 5 heteroatoms. The van der Waals surface area contributed by atoms with E-state index < -0.39 is 0 Å². The van der Waals surface area contributed by atoms with E-state index in [2.05, 4.69) is 44.1 Å². The summed E-state index contributed by atoms with van der Waals surface area (Å²) < 4.78 is 0. The zero-order chi connectivity index (χ0) is 15.1. The highest BCUT2D eigenvalue weighted by atomic mass is 15.2. The fourth-order valence-electron chi connectivity index (χ4n) is 3.19. The van der Waals surface area contributed by atoms with E-state index in [1.165, 1.54) is 16.5 Å². The van der Waals surface area contributed by atoms with Gasteiger partial charge < -0.3 is 10.7 Å². The van der Waals surface area contributed by atoms with Crippen molar-refractivity contribution >= 4 is 16.7 Å². The third kappa shape index (κ3) is 2.33. The highest BCUT2D eigenvalue weighted by Crippen LogP contribution is 2.34. The molecule has 0 radical (unpaired) electrons. The molecular formula is C17H19N5. The Morgan fingerprint density at radius 3 is 2.95 bits per heavy atom. The van der Waals surface area contributed by atoms with Gasteiger partial charge in [-0.1, -0.05) is 6.07 Å². The maximum atomic E-state index is 5.85. The fourth-order valence-corrected chi connectivity index (χ4v) is 3.19. The molecule has 2 aromatic heterocycles. The Hall–Kier alpha value is -2.40. The lowest BCUT2D eigenvalue weighted by molar-refractivity contribution is 0.0786. The van der Waals surface area contributed by atoms with E-state index in [1.807, 2.05) is 19.2 Å². The predicted molar refractivity (Wildman–Crippen MR) is 87.2 cm³/mol. The maximum Gasteiger partial charge on any atom is 0.127 e. The van der Waals surface area contributed by atoms with Crippen LogP contribution < -0.4 is 5.73 Å². The number of hydrogen-bond donors (Lipinski definition) is 2. The van der Waals surface area contributed by atoms with E-state index in [9.17, 15) is 0 Å². The molecule has 0 spiro atoms. The van der Waals surface area contributed by atoms with E-state index in [1.54, 1.807) is 0 Å². The molecule has 1 atom stereocenters. The molecule has 3 aromatic rings. The number of aryl methyl sites for hydroxylation is 1. The van der Waals surface area contributed by atoms with E-state index in [4.69, 9.17) is 5.73 Å². The number of hydrogen-bond acceptors (Lipinski definition) is 4. The number of aromatic amines is 1. The summed E-state index contributed by atoms with van der Waals surface area (Å²) in [6, 6.07) is 11.0. The molecule has 0 amide bonds. The van der Waals surface area contributed by atoms with Crippen molar-refractivity contribution in [1.29, 1.82) is 0 Å². The average molecular weight is 293 g/mol. The van der Waals surface area contributed by atoms with Crippen LogP contribution >= 0.6 is 0 Å². The molecule has 1 aliphatic rings. The molecule has 1 aliphatic heterocycles. The Morgan fingerprint density at radius 2 is 2.18 bits per heavy atom. The van der Waals surface area contributed by atoms with Crippen LogP contribution in [0.3, 0.4) is 0 Å². The van der Waals surface area contributed by atoms with Crippen LogP contribution in [0, 0.1) is 6.92 Å². The zero-order valence-corrected chi connectivity index (χ0v) is 12.6. The first kappa shape index (κ1) is 13.3. The number of nitrogens with one attached hydrogen (secondary N) is 1. The normalized spacial score (nSPS) is 18.5. The van der Waals surface area contributed by atoms with Crippen LogP contribution in [0.4, 0.5) is 5.82 Å². The van der Waals surface area contributed by atoms with Crippen molar-refractivity contribution in [2.75, 3.05) is 12.3 Å². The molecule has 112 valence electrons. The van der Waals surface area contributed by atoms with Gasteiger partial charge in [-0.2, -0.15) is 0 Å². The molecule has 3 heterocycles. The molecule has 1 aromatic carbocycles. The number of nitrogens with zero attached hydrogens (tertiary/aromatic N) is 3. The van der Waals surface area contributed by atoms with Gasteiger partial charge in [0.2, 0.25) is 0 Å². The Kier molecular flexibility index (Phi) is 3.08. The second kappa shape index (κ2) is 5.10. The van der Waals surface area contributed by atoms with Crippen molar-refractivity contribution in [3.05, 3.63) is 53.6 Å². The molecule has 3 N–H and O–H groups in total. The highest BCUT2D eigenvalue weighted by molar-refractivity contribution is 5.79. The van der Waals surface area contributed by atoms with Gasteiger partial charge in [0.05, 0.1) is 11.7 Å². The first-order chi connectivity index (χ1) is 10.7. The van der Waals surface area contributed by atoms with Gasteiger partial charge in [0.25, 0.3) is 0 Å². The number of H-pyrrole nitrogens is 1. The molecule has 5 nitrogen and oxygen atoms in total. The summed E-state index contributed by atoms with van der Waals surface area (Å²) in [5.74, 6) is 1.30. The SMILES string of the molecule is Cc1nc(N)cc([C@@H]2CCN2Cc2ccc3[nH]ccc3c2)n1. The number of rotatable bonds is 3. The number of nitrogens with two attached hydrogens (primary N) is 1. The topological polar surface area (TPSA) is 70.8 Å². The van der Waals surface area contributed by atoms with Gasteiger partial charge in [0.15, 0.2) is 0 Å². The molecule has 1 saturated heterocycles. The number of anilines is 1. The van der Waals surface area contributed by atoms with Crippen LogP contribution in [-0.2, 0) is 6.54 Å². The molecule has 1 fully saturated rings. The lowest BCUT2D eigenvalue weighted by Gasteiger charge is -2.40. The Morgan fingerprint density at radius 1 is 1.27 bits per heavy atom. The molecule has 0 aliphatic carbocycles. The third-order valence-corrected chi connectivity index (χ3v) is 4.35. The van der Waals surface area contributed by atoms with Gasteiger partial charge in [-0.25, -0.2) is 9.97 Å². The maximum absolute atomic E-state index is 5.85. The Bertz CT molecular complexity index is 803. The summed E-state index contributed by atoms with van der Waals surface area (Å²) in [7, 11) is 0. The molecule has 4 rings (SSSR count). The standard InChI is InChI=1S/C17H19N5/c1-11-20-15(9-17(18)21-11)16-5-7-22(16)10-12-2-3-14-13(8-12)4-6-19-14/h2-4,6,8-9,16,19H,5,7,10H2,1H3,(H2,18,20,21)/t16-/m0/s1. The van der Waals surface area contributed by atoms with E-state index in [-0.39, 0.29) is 0 Å². The van der Waals surface area contributed by atoms with Crippen LogP contribution in [-0.4, -0.2) is 26.4 Å². The molecule has 0 unspecified atom stereocenters. The van der Waals surface area contributed by atoms with Gasteiger partial charge in [-0.05, 0) is 42.5 Å². The minimum absolute atomic E-state index is 0.353. The molecule has 22 heavy (non-hydrogen) atoms. The Labute approximate surface area is 129 Å². The highest BCUT2D eigenvalue weighted by Gasteiger charge is 2.30. The number of fused-ring (bicyclic) bond motifs is 1. The van der Waals surface area contributed by atoms with Gasteiger partial charge >= 0.3 is 0 Å². The molecule has 0 saturated carbocycles. The first-order valence-electron chi connectivity index (χ1n) is 7.60. The van der Waals surface area contributed by atoms with Crippen molar-refractivity contribution < 1.29 is 0 Å². The number of benzene rings is 1. The Balaban J connectivity index is 1.55. The smallest absolute Gasteiger partial charge is 0.127 e. The average Bonchev–Trinajstić information content (AvgIpc) is 2.90. The lowest BCUT2D eigenvalue weighted by atomic mass is 9.97. The van der Waals surface area contributed by atoms with Gasteiger partial charge in [-0.3, -0.25) is 4.90 Å². The fraction of sp³-hybridized carbons (Fsp3) is 0.294. The number of nitrogen functional groups attached to an aromatic ring is 1. The predicted octanol–water partition coefficient (Wildman–Crippen LogP) is 2.80. The van der Waals surface area contributed by atoms with Crippen LogP contribution in [0.5, 0.6) is 0 Å². The second-order valence-corrected chi connectivity index (χ2v) is 5.94. The van der Waals surface area contributed by atoms with Gasteiger partial charge in [-0.15, -0.1) is 0 Å². The summed E-state index contributed by atoms with van der Waals surface area (Å²) in [4.78, 5) is 14.4. The minimum Gasteiger partial charge on any atom is -0.384 e. The van der Waals surface area contributed by atoms with Crippen LogP contribution in [0.25, 0.3) is 10.9 Å². The summed E-state index contributed by atoms with van der Waals surface area (Å²) in [6.07, 6.45) is 3.11. The van der Waals surface area contributed by atoms with Gasteiger partial charge in [0.1, 0.15) is 11.6 Å². The second-order valence-electron chi connectivity index (χ2n) is 5.94. The summed E-state index contributed by atoms with van der Waals surface area (Å²) >= 11 is 0. The van der Waals surface area contributed by atoms with E-state index >= 15 is 0 Å².